The highest BCUT2D eigenvalue weighted by molar-refractivity contribution is 5.41. The highest BCUT2D eigenvalue weighted by Crippen LogP contribution is 2.16. The fourth-order valence-electron chi connectivity index (χ4n) is 4.07. The Morgan fingerprint density at radius 1 is 0.591 bits per heavy atom. The van der Waals surface area contributed by atoms with Gasteiger partial charge in [-0.15, -0.1) is 0 Å². The molecule has 4 aromatic rings. The van der Waals surface area contributed by atoms with E-state index in [-0.39, 0.29) is 5.75 Å². The Hall–Kier alpha value is -4.00. The number of nitrogen functional groups attached to an aromatic ring is 1. The second-order valence-electron chi connectivity index (χ2n) is 12.7. The summed E-state index contributed by atoms with van der Waals surface area (Å²) < 4.78 is 0. The van der Waals surface area contributed by atoms with Crippen LogP contribution in [0.4, 0.5) is 5.69 Å². The molecule has 4 rings (SSSR count). The molecule has 0 atom stereocenters. The van der Waals surface area contributed by atoms with E-state index in [1.165, 1.54) is 17.5 Å². The number of rotatable bonds is 8. The standard InChI is InChI=1S/C10H15N.C9H14N2.2C9H13NO/c1-8(2)6-10-7-9(3)4-5-11-10;1-7(2)6-9-8(10)4-3-5-11-9;1-7(2)5-8-3-4-9(11)6-10-8;1-7(2)6-8-9(11)4-3-5-10-8/h4-5,7-8H,6H2,1-3H3;3-5,7H,6,10H2,1-2H3;3-4,6-7,11H,5H2,1-2H3;3-5,7,11H,6H2,1-2H3. The third-order valence-corrected chi connectivity index (χ3v) is 6.01. The lowest BCUT2D eigenvalue weighted by molar-refractivity contribution is 0.457. The minimum atomic E-state index is 0.234. The minimum absolute atomic E-state index is 0.234. The van der Waals surface area contributed by atoms with Gasteiger partial charge in [-0.3, -0.25) is 19.9 Å². The van der Waals surface area contributed by atoms with Crippen LogP contribution in [-0.2, 0) is 25.7 Å². The number of aryl methyl sites for hydroxylation is 1. The number of aromatic nitrogens is 4. The van der Waals surface area contributed by atoms with Gasteiger partial charge < -0.3 is 15.9 Å². The van der Waals surface area contributed by atoms with Gasteiger partial charge in [-0.2, -0.15) is 0 Å². The summed E-state index contributed by atoms with van der Waals surface area (Å²) in [5.41, 5.74) is 11.9. The maximum atomic E-state index is 9.30. The molecule has 0 aliphatic rings. The molecule has 0 spiro atoms. The normalized spacial score (nSPS) is 10.5. The van der Waals surface area contributed by atoms with E-state index in [4.69, 9.17) is 10.8 Å². The van der Waals surface area contributed by atoms with Crippen LogP contribution in [0.2, 0.25) is 0 Å². The van der Waals surface area contributed by atoms with Crippen LogP contribution in [0.1, 0.15) is 83.7 Å². The fourth-order valence-corrected chi connectivity index (χ4v) is 4.07. The first-order chi connectivity index (χ1) is 20.8. The van der Waals surface area contributed by atoms with Crippen molar-refractivity contribution < 1.29 is 10.2 Å². The van der Waals surface area contributed by atoms with E-state index in [0.29, 0.717) is 29.4 Å². The van der Waals surface area contributed by atoms with E-state index in [9.17, 15) is 5.11 Å². The maximum Gasteiger partial charge on any atom is 0.137 e. The molecule has 0 unspecified atom stereocenters. The van der Waals surface area contributed by atoms with Crippen molar-refractivity contribution in [3.63, 3.8) is 0 Å². The summed E-state index contributed by atoms with van der Waals surface area (Å²) in [6, 6.07) is 14.9. The summed E-state index contributed by atoms with van der Waals surface area (Å²) in [4.78, 5) is 16.6. The molecule has 4 aromatic heterocycles. The molecule has 0 saturated carbocycles. The largest absolute Gasteiger partial charge is 0.506 e. The Bertz CT molecular complexity index is 1270. The van der Waals surface area contributed by atoms with E-state index in [2.05, 4.69) is 88.3 Å². The highest BCUT2D eigenvalue weighted by Gasteiger charge is 2.03. The SMILES string of the molecule is CC(C)Cc1ccc(O)cn1.CC(C)Cc1ncccc1N.CC(C)Cc1ncccc1O.Cc1ccnc(CC(C)C)c1. The summed E-state index contributed by atoms with van der Waals surface area (Å²) in [6.07, 6.45) is 10.7. The van der Waals surface area contributed by atoms with Gasteiger partial charge in [0.1, 0.15) is 11.5 Å². The van der Waals surface area contributed by atoms with Crippen LogP contribution in [-0.4, -0.2) is 30.1 Å². The molecule has 44 heavy (non-hydrogen) atoms. The number of aromatic hydroxyl groups is 2. The third-order valence-electron chi connectivity index (χ3n) is 6.01. The van der Waals surface area contributed by atoms with Crippen LogP contribution in [0, 0.1) is 30.6 Å². The summed E-state index contributed by atoms with van der Waals surface area (Å²) in [6.45, 7) is 19.4. The second kappa shape index (κ2) is 20.8. The first-order valence-corrected chi connectivity index (χ1v) is 15.6. The van der Waals surface area contributed by atoms with Crippen molar-refractivity contribution in [2.24, 2.45) is 23.7 Å². The average Bonchev–Trinajstić information content (AvgIpc) is 2.93. The molecule has 0 bridgehead atoms. The fraction of sp³-hybridized carbons (Fsp3) is 0.459. The van der Waals surface area contributed by atoms with Crippen molar-refractivity contribution in [2.75, 3.05) is 5.73 Å². The number of hydrogen-bond donors (Lipinski definition) is 3. The number of pyridine rings is 4. The molecule has 0 fully saturated rings. The summed E-state index contributed by atoms with van der Waals surface area (Å²) >= 11 is 0. The average molecular weight is 602 g/mol. The van der Waals surface area contributed by atoms with Gasteiger partial charge in [-0.1, -0.05) is 55.4 Å². The van der Waals surface area contributed by atoms with Crippen molar-refractivity contribution >= 4 is 5.69 Å². The molecule has 4 heterocycles. The van der Waals surface area contributed by atoms with E-state index in [0.717, 1.165) is 48.5 Å². The first-order valence-electron chi connectivity index (χ1n) is 15.6. The Morgan fingerprint density at radius 3 is 1.64 bits per heavy atom. The van der Waals surface area contributed by atoms with Crippen molar-refractivity contribution in [1.29, 1.82) is 0 Å². The van der Waals surface area contributed by atoms with Gasteiger partial charge in [0.05, 0.1) is 23.3 Å². The van der Waals surface area contributed by atoms with Crippen LogP contribution in [0.5, 0.6) is 11.5 Å². The highest BCUT2D eigenvalue weighted by atomic mass is 16.3. The molecule has 0 aromatic carbocycles. The molecule has 0 aliphatic carbocycles. The minimum Gasteiger partial charge on any atom is -0.506 e. The molecule has 7 nitrogen and oxygen atoms in total. The third kappa shape index (κ3) is 17.8. The van der Waals surface area contributed by atoms with E-state index < -0.39 is 0 Å². The molecule has 0 aliphatic heterocycles. The van der Waals surface area contributed by atoms with E-state index in [1.807, 2.05) is 30.5 Å². The molecular formula is C37H55N5O2. The van der Waals surface area contributed by atoms with Crippen LogP contribution in [0.15, 0.2) is 73.3 Å². The Kier molecular flexibility index (Phi) is 18.0. The molecule has 0 amide bonds. The van der Waals surface area contributed by atoms with Crippen LogP contribution >= 0.6 is 0 Å². The molecule has 0 saturated heterocycles. The quantitative estimate of drug-likeness (QED) is 0.185. The topological polar surface area (TPSA) is 118 Å². The molecular weight excluding hydrogens is 546 g/mol. The van der Waals surface area contributed by atoms with Crippen molar-refractivity contribution in [3.05, 3.63) is 102 Å². The van der Waals surface area contributed by atoms with Crippen molar-refractivity contribution in [1.82, 2.24) is 19.9 Å². The zero-order chi connectivity index (χ0) is 33.1. The van der Waals surface area contributed by atoms with E-state index >= 15 is 0 Å². The number of anilines is 1. The zero-order valence-corrected chi connectivity index (χ0v) is 28.3. The lowest BCUT2D eigenvalue weighted by Crippen LogP contribution is -2.01. The summed E-state index contributed by atoms with van der Waals surface area (Å²) in [7, 11) is 0. The predicted molar refractivity (Wildman–Crippen MR) is 184 cm³/mol. The molecule has 7 heteroatoms. The summed E-state index contributed by atoms with van der Waals surface area (Å²) in [5, 5.41) is 18.2. The Labute approximate surface area is 266 Å². The Morgan fingerprint density at radius 2 is 1.14 bits per heavy atom. The van der Waals surface area contributed by atoms with Crippen LogP contribution in [0.3, 0.4) is 0 Å². The first kappa shape index (κ1) is 38.0. The van der Waals surface area contributed by atoms with E-state index in [1.54, 1.807) is 30.6 Å². The lowest BCUT2D eigenvalue weighted by Gasteiger charge is -2.05. The number of hydrogen-bond acceptors (Lipinski definition) is 7. The van der Waals surface area contributed by atoms with Gasteiger partial charge in [-0.25, -0.2) is 0 Å². The molecule has 240 valence electrons. The second-order valence-corrected chi connectivity index (χ2v) is 12.7. The van der Waals surface area contributed by atoms with Crippen molar-refractivity contribution in [2.45, 2.75) is 88.0 Å². The van der Waals surface area contributed by atoms with Gasteiger partial charge in [0.15, 0.2) is 0 Å². The zero-order valence-electron chi connectivity index (χ0n) is 28.3. The van der Waals surface area contributed by atoms with Crippen LogP contribution in [0.25, 0.3) is 0 Å². The lowest BCUT2D eigenvalue weighted by atomic mass is 10.1. The predicted octanol–water partition coefficient (Wildman–Crippen LogP) is 8.42. The number of nitrogens with two attached hydrogens (primary N) is 1. The Balaban J connectivity index is 0.000000293. The molecule has 0 radical (unpaired) electrons. The molecule has 4 N–H and O–H groups in total. The number of nitrogens with zero attached hydrogens (tertiary/aromatic N) is 4. The van der Waals surface area contributed by atoms with Gasteiger partial charge in [-0.05, 0) is 110 Å². The van der Waals surface area contributed by atoms with Gasteiger partial charge in [0, 0.05) is 30.0 Å². The van der Waals surface area contributed by atoms with Crippen molar-refractivity contribution in [3.8, 4) is 11.5 Å². The smallest absolute Gasteiger partial charge is 0.137 e. The monoisotopic (exact) mass is 601 g/mol. The van der Waals surface area contributed by atoms with Gasteiger partial charge in [0.25, 0.3) is 0 Å². The van der Waals surface area contributed by atoms with Crippen LogP contribution < -0.4 is 5.73 Å². The van der Waals surface area contributed by atoms with Gasteiger partial charge >= 0.3 is 0 Å². The summed E-state index contributed by atoms with van der Waals surface area (Å²) in [5.74, 6) is 3.01. The maximum absolute atomic E-state index is 9.30. The van der Waals surface area contributed by atoms with Gasteiger partial charge in [0.2, 0.25) is 0 Å².